The molecule has 0 bridgehead atoms. The first-order valence-corrected chi connectivity index (χ1v) is 8.00. The van der Waals surface area contributed by atoms with Crippen LogP contribution in [0.5, 0.6) is 0 Å². The van der Waals surface area contributed by atoms with Crippen molar-refractivity contribution in [2.45, 2.75) is 32.7 Å². The van der Waals surface area contributed by atoms with E-state index in [2.05, 4.69) is 17.6 Å². The van der Waals surface area contributed by atoms with Crippen LogP contribution in [-0.4, -0.2) is 62.1 Å². The van der Waals surface area contributed by atoms with Crippen LogP contribution in [0.15, 0.2) is 0 Å². The average Bonchev–Trinajstić information content (AvgIpc) is 2.52. The third kappa shape index (κ3) is 4.17. The van der Waals surface area contributed by atoms with Gasteiger partial charge in [-0.2, -0.15) is 0 Å². The normalized spacial score (nSPS) is 30.0. The molecule has 0 spiro atoms. The van der Waals surface area contributed by atoms with Crippen molar-refractivity contribution in [1.29, 1.82) is 0 Å². The van der Waals surface area contributed by atoms with Crippen molar-refractivity contribution in [2.24, 2.45) is 11.8 Å². The number of amides is 2. The van der Waals surface area contributed by atoms with E-state index < -0.39 is 6.04 Å². The SMILES string of the molecule is CCCNC(=O)C1COCCN1C(=O)C1CNCC(C)C1. The number of morpholine rings is 1. The van der Waals surface area contributed by atoms with Crippen LogP contribution in [-0.2, 0) is 14.3 Å². The third-order valence-electron chi connectivity index (χ3n) is 4.18. The van der Waals surface area contributed by atoms with Crippen molar-refractivity contribution < 1.29 is 14.3 Å². The standard InChI is InChI=1S/C15H27N3O3/c1-3-4-17-14(19)13-10-21-6-5-18(13)15(20)12-7-11(2)8-16-9-12/h11-13,16H,3-10H2,1-2H3,(H,17,19). The Morgan fingerprint density at radius 2 is 2.19 bits per heavy atom. The minimum atomic E-state index is -0.477. The van der Waals surface area contributed by atoms with Crippen LogP contribution in [0, 0.1) is 11.8 Å². The summed E-state index contributed by atoms with van der Waals surface area (Å²) in [4.78, 5) is 26.7. The van der Waals surface area contributed by atoms with Crippen molar-refractivity contribution in [3.8, 4) is 0 Å². The zero-order chi connectivity index (χ0) is 15.2. The van der Waals surface area contributed by atoms with E-state index in [0.29, 0.717) is 38.8 Å². The number of hydrogen-bond acceptors (Lipinski definition) is 4. The quantitative estimate of drug-likeness (QED) is 0.765. The van der Waals surface area contributed by atoms with Gasteiger partial charge in [0.15, 0.2) is 0 Å². The molecule has 0 saturated carbocycles. The topological polar surface area (TPSA) is 70.7 Å². The Balaban J connectivity index is 2.00. The number of ether oxygens (including phenoxy) is 1. The van der Waals surface area contributed by atoms with Crippen LogP contribution in [0.1, 0.15) is 26.7 Å². The highest BCUT2D eigenvalue weighted by atomic mass is 16.5. The van der Waals surface area contributed by atoms with Crippen molar-refractivity contribution in [3.63, 3.8) is 0 Å². The molecule has 2 amide bonds. The summed E-state index contributed by atoms with van der Waals surface area (Å²) >= 11 is 0. The molecule has 21 heavy (non-hydrogen) atoms. The van der Waals surface area contributed by atoms with Gasteiger partial charge >= 0.3 is 0 Å². The fraction of sp³-hybridized carbons (Fsp3) is 0.867. The molecule has 2 aliphatic heterocycles. The van der Waals surface area contributed by atoms with Gasteiger partial charge in [0.2, 0.25) is 11.8 Å². The molecule has 2 heterocycles. The average molecular weight is 297 g/mol. The van der Waals surface area contributed by atoms with E-state index in [0.717, 1.165) is 19.4 Å². The molecule has 6 heteroatoms. The highest BCUT2D eigenvalue weighted by Crippen LogP contribution is 2.20. The molecule has 120 valence electrons. The van der Waals surface area contributed by atoms with Gasteiger partial charge in [0.05, 0.1) is 19.1 Å². The summed E-state index contributed by atoms with van der Waals surface area (Å²) in [5.41, 5.74) is 0. The first-order chi connectivity index (χ1) is 10.1. The minimum Gasteiger partial charge on any atom is -0.377 e. The van der Waals surface area contributed by atoms with Crippen molar-refractivity contribution in [1.82, 2.24) is 15.5 Å². The summed E-state index contributed by atoms with van der Waals surface area (Å²) in [5.74, 6) is 0.477. The molecule has 0 radical (unpaired) electrons. The number of rotatable bonds is 4. The van der Waals surface area contributed by atoms with Crippen LogP contribution in [0.3, 0.4) is 0 Å². The first-order valence-electron chi connectivity index (χ1n) is 8.00. The van der Waals surface area contributed by atoms with E-state index in [1.807, 2.05) is 6.92 Å². The van der Waals surface area contributed by atoms with Gasteiger partial charge in [-0.1, -0.05) is 13.8 Å². The van der Waals surface area contributed by atoms with Crippen LogP contribution >= 0.6 is 0 Å². The van der Waals surface area contributed by atoms with Gasteiger partial charge in [-0.15, -0.1) is 0 Å². The monoisotopic (exact) mass is 297 g/mol. The molecule has 0 aromatic heterocycles. The van der Waals surface area contributed by atoms with Crippen molar-refractivity contribution in [2.75, 3.05) is 39.4 Å². The molecular formula is C15H27N3O3. The van der Waals surface area contributed by atoms with E-state index in [-0.39, 0.29) is 17.7 Å². The lowest BCUT2D eigenvalue weighted by atomic mass is 9.90. The Kier molecular flexibility index (Phi) is 5.99. The number of carbonyl (C=O) groups excluding carboxylic acids is 2. The van der Waals surface area contributed by atoms with Crippen LogP contribution in [0.25, 0.3) is 0 Å². The minimum absolute atomic E-state index is 0.0201. The lowest BCUT2D eigenvalue weighted by Gasteiger charge is -2.38. The van der Waals surface area contributed by atoms with Crippen LogP contribution in [0.2, 0.25) is 0 Å². The molecular weight excluding hydrogens is 270 g/mol. The Morgan fingerprint density at radius 1 is 1.38 bits per heavy atom. The molecule has 2 saturated heterocycles. The number of nitrogens with one attached hydrogen (secondary N) is 2. The smallest absolute Gasteiger partial charge is 0.245 e. The van der Waals surface area contributed by atoms with E-state index >= 15 is 0 Å². The number of nitrogens with zero attached hydrogens (tertiary/aromatic N) is 1. The lowest BCUT2D eigenvalue weighted by Crippen LogP contribution is -2.58. The van der Waals surface area contributed by atoms with E-state index in [1.165, 1.54) is 0 Å². The summed E-state index contributed by atoms with van der Waals surface area (Å²) in [6.45, 7) is 7.80. The zero-order valence-electron chi connectivity index (χ0n) is 13.1. The summed E-state index contributed by atoms with van der Waals surface area (Å²) in [6, 6.07) is -0.477. The molecule has 2 rings (SSSR count). The molecule has 2 N–H and O–H groups in total. The molecule has 0 aliphatic carbocycles. The predicted molar refractivity (Wildman–Crippen MR) is 79.8 cm³/mol. The number of carbonyl (C=O) groups is 2. The van der Waals surface area contributed by atoms with Gasteiger partial charge in [0.1, 0.15) is 6.04 Å². The Labute approximate surface area is 126 Å². The fourth-order valence-corrected chi connectivity index (χ4v) is 3.03. The van der Waals surface area contributed by atoms with E-state index in [4.69, 9.17) is 4.74 Å². The Hall–Kier alpha value is -1.14. The second-order valence-electron chi connectivity index (χ2n) is 6.11. The lowest BCUT2D eigenvalue weighted by molar-refractivity contribution is -0.152. The van der Waals surface area contributed by atoms with Gasteiger partial charge in [-0.25, -0.2) is 0 Å². The molecule has 2 fully saturated rings. The summed E-state index contributed by atoms with van der Waals surface area (Å²) in [5, 5.41) is 6.17. The molecule has 0 aromatic rings. The van der Waals surface area contributed by atoms with Gasteiger partial charge in [0.25, 0.3) is 0 Å². The molecule has 3 unspecified atom stereocenters. The maximum atomic E-state index is 12.7. The summed E-state index contributed by atoms with van der Waals surface area (Å²) < 4.78 is 5.40. The number of hydrogen-bond donors (Lipinski definition) is 2. The molecule has 3 atom stereocenters. The predicted octanol–water partition coefficient (Wildman–Crippen LogP) is -0.0144. The second kappa shape index (κ2) is 7.75. The molecule has 0 aromatic carbocycles. The maximum absolute atomic E-state index is 12.7. The second-order valence-corrected chi connectivity index (χ2v) is 6.11. The Morgan fingerprint density at radius 3 is 2.90 bits per heavy atom. The third-order valence-corrected chi connectivity index (χ3v) is 4.18. The highest BCUT2D eigenvalue weighted by Gasteiger charge is 2.37. The maximum Gasteiger partial charge on any atom is 0.245 e. The highest BCUT2D eigenvalue weighted by molar-refractivity contribution is 5.89. The first kappa shape index (κ1) is 16.2. The molecule has 6 nitrogen and oxygen atoms in total. The molecule has 2 aliphatic rings. The van der Waals surface area contributed by atoms with E-state index in [1.54, 1.807) is 4.90 Å². The van der Waals surface area contributed by atoms with Gasteiger partial charge in [0, 0.05) is 19.6 Å². The summed E-state index contributed by atoms with van der Waals surface area (Å²) in [6.07, 6.45) is 1.78. The van der Waals surface area contributed by atoms with Crippen molar-refractivity contribution >= 4 is 11.8 Å². The fourth-order valence-electron chi connectivity index (χ4n) is 3.03. The summed E-state index contributed by atoms with van der Waals surface area (Å²) in [7, 11) is 0. The van der Waals surface area contributed by atoms with E-state index in [9.17, 15) is 9.59 Å². The van der Waals surface area contributed by atoms with Gasteiger partial charge < -0.3 is 20.3 Å². The number of piperidine rings is 1. The van der Waals surface area contributed by atoms with Crippen LogP contribution in [0.4, 0.5) is 0 Å². The van der Waals surface area contributed by atoms with Crippen LogP contribution < -0.4 is 10.6 Å². The van der Waals surface area contributed by atoms with Crippen molar-refractivity contribution in [3.05, 3.63) is 0 Å². The van der Waals surface area contributed by atoms with Gasteiger partial charge in [-0.3, -0.25) is 9.59 Å². The largest absolute Gasteiger partial charge is 0.377 e. The zero-order valence-corrected chi connectivity index (χ0v) is 13.1. The van der Waals surface area contributed by atoms with Gasteiger partial charge in [-0.05, 0) is 25.3 Å². The Bertz CT molecular complexity index is 375.